The summed E-state index contributed by atoms with van der Waals surface area (Å²) in [5, 5.41) is 11.8. The molecule has 0 fully saturated rings. The van der Waals surface area contributed by atoms with Crippen LogP contribution in [0.2, 0.25) is 0 Å². The van der Waals surface area contributed by atoms with E-state index in [2.05, 4.69) is 5.32 Å². The minimum absolute atomic E-state index is 0. The van der Waals surface area contributed by atoms with E-state index in [4.69, 9.17) is 10.5 Å². The molecule has 5 nitrogen and oxygen atoms in total. The number of carbonyl (C=O) groups excluding carboxylic acids is 1. The third kappa shape index (κ3) is 6.11. The molecule has 0 saturated heterocycles. The minimum Gasteiger partial charge on any atom is -0.491 e. The number of nitrogens with one attached hydrogen (secondary N) is 1. The molecule has 0 bridgehead atoms. The van der Waals surface area contributed by atoms with Gasteiger partial charge in [0, 0.05) is 19.2 Å². The van der Waals surface area contributed by atoms with Gasteiger partial charge in [0.1, 0.15) is 18.5 Å². The third-order valence-corrected chi connectivity index (χ3v) is 1.89. The number of rotatable bonds is 5. The summed E-state index contributed by atoms with van der Waals surface area (Å²) in [6.07, 6.45) is -0.657. The number of nitrogens with two attached hydrogens (primary N) is 1. The SMILES string of the molecule is CC(=O)Nc1ccc(OCC(O)CN)cc1.Cl. The Morgan fingerprint density at radius 2 is 2.06 bits per heavy atom. The maximum Gasteiger partial charge on any atom is 0.221 e. The number of ether oxygens (including phenoxy) is 1. The number of aliphatic hydroxyl groups is 1. The molecule has 1 aromatic carbocycles. The van der Waals surface area contributed by atoms with E-state index in [1.165, 1.54) is 6.92 Å². The normalized spacial score (nSPS) is 11.2. The predicted octanol–water partition coefficient (Wildman–Crippen LogP) is 0.765. The van der Waals surface area contributed by atoms with Gasteiger partial charge in [-0.15, -0.1) is 12.4 Å². The van der Waals surface area contributed by atoms with Crippen LogP contribution in [0.15, 0.2) is 24.3 Å². The standard InChI is InChI=1S/C11H16N2O3.ClH/c1-8(14)13-9-2-4-11(5-3-9)16-7-10(15)6-12;/h2-5,10,15H,6-7,12H2,1H3,(H,13,14);1H. The van der Waals surface area contributed by atoms with E-state index in [9.17, 15) is 9.90 Å². The molecule has 1 aromatic rings. The lowest BCUT2D eigenvalue weighted by Gasteiger charge is -2.10. The predicted molar refractivity (Wildman–Crippen MR) is 68.5 cm³/mol. The smallest absolute Gasteiger partial charge is 0.221 e. The Hall–Kier alpha value is -1.30. The fraction of sp³-hybridized carbons (Fsp3) is 0.364. The van der Waals surface area contributed by atoms with Gasteiger partial charge in [0.05, 0.1) is 0 Å². The van der Waals surface area contributed by atoms with Crippen molar-refractivity contribution in [3.8, 4) is 5.75 Å². The summed E-state index contributed by atoms with van der Waals surface area (Å²) in [6, 6.07) is 6.89. The van der Waals surface area contributed by atoms with Crippen molar-refractivity contribution in [1.82, 2.24) is 0 Å². The van der Waals surface area contributed by atoms with Crippen LogP contribution in [0.3, 0.4) is 0 Å². The monoisotopic (exact) mass is 260 g/mol. The van der Waals surface area contributed by atoms with Crippen LogP contribution in [0.1, 0.15) is 6.92 Å². The molecule has 1 amide bonds. The van der Waals surface area contributed by atoms with Crippen molar-refractivity contribution in [1.29, 1.82) is 0 Å². The van der Waals surface area contributed by atoms with Crippen molar-refractivity contribution in [3.63, 3.8) is 0 Å². The molecular formula is C11H17ClN2O3. The molecule has 0 heterocycles. The van der Waals surface area contributed by atoms with Gasteiger partial charge >= 0.3 is 0 Å². The first kappa shape index (κ1) is 15.7. The van der Waals surface area contributed by atoms with Crippen LogP contribution in [0.5, 0.6) is 5.75 Å². The fourth-order valence-corrected chi connectivity index (χ4v) is 1.10. The second-order valence-corrected chi connectivity index (χ2v) is 3.41. The van der Waals surface area contributed by atoms with Crippen molar-refractivity contribution < 1.29 is 14.6 Å². The molecule has 0 aliphatic heterocycles. The Bertz CT molecular complexity index is 343. The lowest BCUT2D eigenvalue weighted by Crippen LogP contribution is -2.26. The zero-order chi connectivity index (χ0) is 12.0. The molecule has 96 valence electrons. The Kier molecular flexibility index (Phi) is 7.29. The largest absolute Gasteiger partial charge is 0.491 e. The number of hydrogen-bond acceptors (Lipinski definition) is 4. The van der Waals surface area contributed by atoms with Crippen LogP contribution in [-0.2, 0) is 4.79 Å². The number of benzene rings is 1. The number of carbonyl (C=O) groups is 1. The highest BCUT2D eigenvalue weighted by Gasteiger charge is 2.02. The molecule has 1 atom stereocenters. The number of hydrogen-bond donors (Lipinski definition) is 3. The van der Waals surface area contributed by atoms with E-state index in [0.717, 1.165) is 0 Å². The lowest BCUT2D eigenvalue weighted by molar-refractivity contribution is -0.114. The first-order valence-electron chi connectivity index (χ1n) is 5.00. The molecule has 0 saturated carbocycles. The third-order valence-electron chi connectivity index (χ3n) is 1.89. The Morgan fingerprint density at radius 3 is 2.53 bits per heavy atom. The van der Waals surface area contributed by atoms with Crippen LogP contribution in [0.25, 0.3) is 0 Å². The second kappa shape index (κ2) is 7.89. The highest BCUT2D eigenvalue weighted by atomic mass is 35.5. The summed E-state index contributed by atoms with van der Waals surface area (Å²) in [5.74, 6) is 0.508. The van der Waals surface area contributed by atoms with E-state index < -0.39 is 6.10 Å². The van der Waals surface area contributed by atoms with E-state index in [0.29, 0.717) is 11.4 Å². The van der Waals surface area contributed by atoms with Crippen molar-refractivity contribution >= 4 is 24.0 Å². The van der Waals surface area contributed by atoms with Crippen LogP contribution >= 0.6 is 12.4 Å². The van der Waals surface area contributed by atoms with Crippen molar-refractivity contribution in [2.24, 2.45) is 5.73 Å². The molecule has 0 radical (unpaired) electrons. The highest BCUT2D eigenvalue weighted by molar-refractivity contribution is 5.88. The second-order valence-electron chi connectivity index (χ2n) is 3.41. The molecule has 17 heavy (non-hydrogen) atoms. The first-order chi connectivity index (χ1) is 7.61. The minimum atomic E-state index is -0.657. The summed E-state index contributed by atoms with van der Waals surface area (Å²) in [7, 11) is 0. The van der Waals surface area contributed by atoms with Gasteiger partial charge in [-0.1, -0.05) is 0 Å². The summed E-state index contributed by atoms with van der Waals surface area (Å²) >= 11 is 0. The summed E-state index contributed by atoms with van der Waals surface area (Å²) in [6.45, 7) is 1.78. The van der Waals surface area contributed by atoms with Gasteiger partial charge in [0.25, 0.3) is 0 Å². The zero-order valence-electron chi connectivity index (χ0n) is 9.55. The van der Waals surface area contributed by atoms with Gasteiger partial charge in [0.15, 0.2) is 0 Å². The average molecular weight is 261 g/mol. The van der Waals surface area contributed by atoms with Gasteiger partial charge in [-0.05, 0) is 24.3 Å². The number of aliphatic hydroxyl groups excluding tert-OH is 1. The molecule has 0 aromatic heterocycles. The van der Waals surface area contributed by atoms with Gasteiger partial charge in [-0.3, -0.25) is 4.79 Å². The molecule has 0 aliphatic rings. The first-order valence-corrected chi connectivity index (χ1v) is 5.00. The van der Waals surface area contributed by atoms with Gasteiger partial charge in [-0.25, -0.2) is 0 Å². The number of amides is 1. The van der Waals surface area contributed by atoms with Crippen LogP contribution in [-0.4, -0.2) is 30.3 Å². The zero-order valence-corrected chi connectivity index (χ0v) is 10.4. The van der Waals surface area contributed by atoms with Crippen LogP contribution in [0.4, 0.5) is 5.69 Å². The Labute approximate surface area is 106 Å². The Morgan fingerprint density at radius 1 is 1.47 bits per heavy atom. The maximum atomic E-state index is 10.8. The van der Waals surface area contributed by atoms with Crippen LogP contribution < -0.4 is 15.8 Å². The molecule has 4 N–H and O–H groups in total. The number of halogens is 1. The lowest BCUT2D eigenvalue weighted by atomic mass is 10.3. The van der Waals surface area contributed by atoms with E-state index in [1.54, 1.807) is 24.3 Å². The van der Waals surface area contributed by atoms with E-state index in [1.807, 2.05) is 0 Å². The van der Waals surface area contributed by atoms with E-state index >= 15 is 0 Å². The Balaban J connectivity index is 0.00000256. The molecule has 0 spiro atoms. The summed E-state index contributed by atoms with van der Waals surface area (Å²) in [4.78, 5) is 10.8. The van der Waals surface area contributed by atoms with E-state index in [-0.39, 0.29) is 31.5 Å². The van der Waals surface area contributed by atoms with Crippen molar-refractivity contribution in [2.75, 3.05) is 18.5 Å². The van der Waals surface area contributed by atoms with Crippen molar-refractivity contribution in [3.05, 3.63) is 24.3 Å². The fourth-order valence-electron chi connectivity index (χ4n) is 1.10. The molecule has 1 unspecified atom stereocenters. The van der Waals surface area contributed by atoms with Gasteiger partial charge in [0.2, 0.25) is 5.91 Å². The molecule has 6 heteroatoms. The van der Waals surface area contributed by atoms with Crippen LogP contribution in [0, 0.1) is 0 Å². The van der Waals surface area contributed by atoms with Gasteiger partial charge < -0.3 is 20.9 Å². The topological polar surface area (TPSA) is 84.6 Å². The molecular weight excluding hydrogens is 244 g/mol. The number of anilines is 1. The molecule has 1 rings (SSSR count). The maximum absolute atomic E-state index is 10.8. The quantitative estimate of drug-likeness (QED) is 0.730. The van der Waals surface area contributed by atoms with Crippen molar-refractivity contribution in [2.45, 2.75) is 13.0 Å². The average Bonchev–Trinajstić information content (AvgIpc) is 2.27. The highest BCUT2D eigenvalue weighted by Crippen LogP contribution is 2.15. The van der Waals surface area contributed by atoms with Gasteiger partial charge in [-0.2, -0.15) is 0 Å². The molecule has 0 aliphatic carbocycles. The summed E-state index contributed by atoms with van der Waals surface area (Å²) in [5.41, 5.74) is 5.95. The summed E-state index contributed by atoms with van der Waals surface area (Å²) < 4.78 is 5.28.